The van der Waals surface area contributed by atoms with E-state index in [1.165, 1.54) is 11.3 Å². The summed E-state index contributed by atoms with van der Waals surface area (Å²) in [6.45, 7) is 0. The number of methoxy groups -OCH3 is 1. The molecule has 0 spiro atoms. The van der Waals surface area contributed by atoms with Crippen molar-refractivity contribution in [2.75, 3.05) is 12.4 Å². The number of nitrogens with one attached hydrogen (secondary N) is 1. The van der Waals surface area contributed by atoms with Crippen LogP contribution in [-0.4, -0.2) is 19.0 Å². The molecule has 5 nitrogen and oxygen atoms in total. The highest BCUT2D eigenvalue weighted by Crippen LogP contribution is 2.36. The maximum Gasteiger partial charge on any atom is 0.351 e. The molecular weight excluding hydrogens is 434 g/mol. The highest BCUT2D eigenvalue weighted by molar-refractivity contribution is 7.21. The molecule has 1 heterocycles. The van der Waals surface area contributed by atoms with Crippen molar-refractivity contribution in [1.29, 1.82) is 0 Å². The molecule has 1 amide bonds. The molecule has 0 bridgehead atoms. The molecule has 31 heavy (non-hydrogen) atoms. The lowest BCUT2D eigenvalue weighted by Gasteiger charge is -2.18. The summed E-state index contributed by atoms with van der Waals surface area (Å²) >= 11 is 7.65. The van der Waals surface area contributed by atoms with E-state index in [9.17, 15) is 9.59 Å². The minimum Gasteiger partial charge on any atom is -0.497 e. The SMILES string of the molecule is COc1cccc(NC(=O)[C@@H](OC(=O)c2sc3ccccc3c2Cl)c2ccccc2)c1. The number of ether oxygens (including phenoxy) is 2. The Hall–Kier alpha value is -3.35. The van der Waals surface area contributed by atoms with Crippen molar-refractivity contribution in [2.24, 2.45) is 0 Å². The number of thiophene rings is 1. The van der Waals surface area contributed by atoms with Gasteiger partial charge in [0.2, 0.25) is 6.10 Å². The lowest BCUT2D eigenvalue weighted by Crippen LogP contribution is -2.25. The first-order valence-corrected chi connectivity index (χ1v) is 10.6. The summed E-state index contributed by atoms with van der Waals surface area (Å²) in [6.07, 6.45) is -1.15. The van der Waals surface area contributed by atoms with E-state index in [1.54, 1.807) is 55.6 Å². The molecule has 3 aromatic carbocycles. The van der Waals surface area contributed by atoms with Crippen LogP contribution in [0.4, 0.5) is 5.69 Å². The van der Waals surface area contributed by atoms with Crippen molar-refractivity contribution in [1.82, 2.24) is 0 Å². The smallest absolute Gasteiger partial charge is 0.351 e. The predicted molar refractivity (Wildman–Crippen MR) is 123 cm³/mol. The molecule has 4 aromatic rings. The molecule has 156 valence electrons. The van der Waals surface area contributed by atoms with E-state index in [2.05, 4.69) is 5.32 Å². The van der Waals surface area contributed by atoms with Crippen LogP contribution in [0.1, 0.15) is 21.3 Å². The molecule has 4 rings (SSSR count). The number of halogens is 1. The Morgan fingerprint density at radius 3 is 2.45 bits per heavy atom. The Balaban J connectivity index is 1.62. The van der Waals surface area contributed by atoms with Crippen LogP contribution in [0.3, 0.4) is 0 Å². The summed E-state index contributed by atoms with van der Waals surface area (Å²) in [5.41, 5.74) is 1.08. The van der Waals surface area contributed by atoms with E-state index in [0.29, 0.717) is 22.0 Å². The molecule has 1 atom stereocenters. The van der Waals surface area contributed by atoms with Crippen molar-refractivity contribution < 1.29 is 19.1 Å². The third kappa shape index (κ3) is 4.55. The summed E-state index contributed by atoms with van der Waals surface area (Å²) in [5, 5.41) is 3.89. The summed E-state index contributed by atoms with van der Waals surface area (Å²) in [6, 6.07) is 23.2. The number of fused-ring (bicyclic) bond motifs is 1. The fourth-order valence-electron chi connectivity index (χ4n) is 3.12. The van der Waals surface area contributed by atoms with Gasteiger partial charge in [-0.1, -0.05) is 66.2 Å². The number of rotatable bonds is 6. The quantitative estimate of drug-likeness (QED) is 0.360. The second kappa shape index (κ2) is 9.20. The van der Waals surface area contributed by atoms with E-state index in [0.717, 1.165) is 10.1 Å². The van der Waals surface area contributed by atoms with Crippen LogP contribution in [0.15, 0.2) is 78.9 Å². The first-order chi connectivity index (χ1) is 15.1. The minimum absolute atomic E-state index is 0.262. The highest BCUT2D eigenvalue weighted by Gasteiger charge is 2.28. The molecule has 0 aliphatic rings. The van der Waals surface area contributed by atoms with Gasteiger partial charge in [-0.15, -0.1) is 11.3 Å². The number of hydrogen-bond donors (Lipinski definition) is 1. The topological polar surface area (TPSA) is 64.6 Å². The Kier molecular flexibility index (Phi) is 6.21. The molecule has 0 unspecified atom stereocenters. The van der Waals surface area contributed by atoms with Gasteiger partial charge in [0.05, 0.1) is 12.1 Å². The maximum absolute atomic E-state index is 13.1. The van der Waals surface area contributed by atoms with Gasteiger partial charge in [-0.2, -0.15) is 0 Å². The standard InChI is InChI=1S/C24H18ClNO4S/c1-29-17-11-7-10-16(14-17)26-23(27)21(15-8-3-2-4-9-15)30-24(28)22-20(25)18-12-5-6-13-19(18)31-22/h2-14,21H,1H3,(H,26,27)/t21-/m0/s1. The van der Waals surface area contributed by atoms with Crippen LogP contribution in [0.25, 0.3) is 10.1 Å². The van der Waals surface area contributed by atoms with Gasteiger partial charge in [-0.3, -0.25) is 4.79 Å². The molecule has 1 aromatic heterocycles. The van der Waals surface area contributed by atoms with Crippen LogP contribution in [0.2, 0.25) is 5.02 Å². The lowest BCUT2D eigenvalue weighted by atomic mass is 10.1. The Morgan fingerprint density at radius 1 is 0.968 bits per heavy atom. The molecule has 0 saturated carbocycles. The van der Waals surface area contributed by atoms with Crippen molar-refractivity contribution in [3.63, 3.8) is 0 Å². The number of esters is 1. The van der Waals surface area contributed by atoms with Crippen LogP contribution >= 0.6 is 22.9 Å². The minimum atomic E-state index is -1.15. The third-order valence-corrected chi connectivity index (χ3v) is 6.28. The molecule has 0 aliphatic heterocycles. The highest BCUT2D eigenvalue weighted by atomic mass is 35.5. The fourth-order valence-corrected chi connectivity index (χ4v) is 4.51. The third-order valence-electron chi connectivity index (χ3n) is 4.62. The van der Waals surface area contributed by atoms with E-state index in [1.807, 2.05) is 30.3 Å². The zero-order valence-corrected chi connectivity index (χ0v) is 18.1. The second-order valence-corrected chi connectivity index (χ2v) is 8.09. The predicted octanol–water partition coefficient (Wildman–Crippen LogP) is 6.10. The molecule has 7 heteroatoms. The van der Waals surface area contributed by atoms with Gasteiger partial charge in [0.25, 0.3) is 5.91 Å². The van der Waals surface area contributed by atoms with Gasteiger partial charge in [0.1, 0.15) is 10.6 Å². The first-order valence-electron chi connectivity index (χ1n) is 9.44. The van der Waals surface area contributed by atoms with E-state index < -0.39 is 18.0 Å². The number of anilines is 1. The average Bonchev–Trinajstić information content (AvgIpc) is 3.14. The molecule has 0 saturated heterocycles. The zero-order valence-electron chi connectivity index (χ0n) is 16.5. The van der Waals surface area contributed by atoms with Crippen LogP contribution < -0.4 is 10.1 Å². The molecular formula is C24H18ClNO4S. The summed E-state index contributed by atoms with van der Waals surface area (Å²) in [5.74, 6) is -0.533. The number of hydrogen-bond acceptors (Lipinski definition) is 5. The van der Waals surface area contributed by atoms with Crippen molar-refractivity contribution in [2.45, 2.75) is 6.10 Å². The Labute approximate surface area is 188 Å². The van der Waals surface area contributed by atoms with Crippen LogP contribution in [0.5, 0.6) is 5.75 Å². The molecule has 0 fully saturated rings. The average molecular weight is 452 g/mol. The zero-order chi connectivity index (χ0) is 21.8. The van der Waals surface area contributed by atoms with Gasteiger partial charge < -0.3 is 14.8 Å². The van der Waals surface area contributed by atoms with Crippen LogP contribution in [-0.2, 0) is 9.53 Å². The number of benzene rings is 3. The summed E-state index contributed by atoms with van der Waals surface area (Å²) < 4.78 is 11.7. The van der Waals surface area contributed by atoms with E-state index >= 15 is 0 Å². The van der Waals surface area contributed by atoms with Crippen molar-refractivity contribution in [3.8, 4) is 5.75 Å². The van der Waals surface area contributed by atoms with E-state index in [4.69, 9.17) is 21.1 Å². The normalized spacial score (nSPS) is 11.7. The van der Waals surface area contributed by atoms with Crippen molar-refractivity contribution >= 4 is 50.6 Å². The maximum atomic E-state index is 13.1. The van der Waals surface area contributed by atoms with Gasteiger partial charge in [-0.25, -0.2) is 4.79 Å². The molecule has 1 N–H and O–H groups in total. The second-order valence-electron chi connectivity index (χ2n) is 6.66. The van der Waals surface area contributed by atoms with Gasteiger partial charge in [0, 0.05) is 27.4 Å². The van der Waals surface area contributed by atoms with E-state index in [-0.39, 0.29) is 4.88 Å². The largest absolute Gasteiger partial charge is 0.497 e. The van der Waals surface area contributed by atoms with Gasteiger partial charge >= 0.3 is 5.97 Å². The Bertz CT molecular complexity index is 1240. The lowest BCUT2D eigenvalue weighted by molar-refractivity contribution is -0.125. The van der Waals surface area contributed by atoms with Crippen LogP contribution in [0, 0.1) is 0 Å². The fraction of sp³-hybridized carbons (Fsp3) is 0.0833. The molecule has 0 aliphatic carbocycles. The Morgan fingerprint density at radius 2 is 1.71 bits per heavy atom. The molecule has 0 radical (unpaired) electrons. The summed E-state index contributed by atoms with van der Waals surface area (Å²) in [4.78, 5) is 26.3. The first kappa shape index (κ1) is 20.9. The van der Waals surface area contributed by atoms with Gasteiger partial charge in [-0.05, 0) is 18.2 Å². The summed E-state index contributed by atoms with van der Waals surface area (Å²) in [7, 11) is 1.55. The number of carbonyl (C=O) groups excluding carboxylic acids is 2. The van der Waals surface area contributed by atoms with Crippen molar-refractivity contribution in [3.05, 3.63) is 94.3 Å². The monoisotopic (exact) mass is 451 g/mol. The van der Waals surface area contributed by atoms with Gasteiger partial charge in [0.15, 0.2) is 0 Å². The number of amides is 1. The number of carbonyl (C=O) groups is 2.